The van der Waals surface area contributed by atoms with Crippen molar-refractivity contribution in [2.75, 3.05) is 12.3 Å². The summed E-state index contributed by atoms with van der Waals surface area (Å²) in [6.07, 6.45) is 35.5. The van der Waals surface area contributed by atoms with Crippen molar-refractivity contribution in [2.24, 2.45) is 5.41 Å². The Morgan fingerprint density at radius 3 is 1.02 bits per heavy atom. The Hall–Kier alpha value is 0.0435. The van der Waals surface area contributed by atoms with Gasteiger partial charge in [0.1, 0.15) is 0 Å². The zero-order chi connectivity index (χ0) is 29.3. The van der Waals surface area contributed by atoms with E-state index < -0.39 is 11.4 Å². The van der Waals surface area contributed by atoms with Crippen LogP contribution < -0.4 is 0 Å². The van der Waals surface area contributed by atoms with Crippen molar-refractivity contribution in [2.45, 2.75) is 172 Å². The molecule has 4 aliphatic rings. The number of rotatable bonds is 7. The van der Waals surface area contributed by atoms with E-state index in [1.165, 1.54) is 22.6 Å². The Labute approximate surface area is 273 Å². The van der Waals surface area contributed by atoms with Gasteiger partial charge in [-0.25, -0.2) is 0 Å². The average Bonchev–Trinajstić information content (AvgIpc) is 3.02. The smallest absolute Gasteiger partial charge is 0.308 e. The molecule has 0 heterocycles. The van der Waals surface area contributed by atoms with Crippen molar-refractivity contribution < 1.29 is 26.4 Å². The summed E-state index contributed by atoms with van der Waals surface area (Å²) >= 11 is 0. The Bertz CT molecular complexity index is 687. The average molecular weight is 663 g/mol. The fourth-order valence-electron chi connectivity index (χ4n) is 8.01. The monoisotopic (exact) mass is 661 g/mol. The van der Waals surface area contributed by atoms with Crippen LogP contribution in [-0.2, 0) is 21.3 Å². The SMILES string of the molecule is C1CCC([PH+](CC[PH+](C2CCCCC2)C2CCCCC2)C2CCCCC2)CC1.CC(C)(C)C(=O)O.[Ni].[c-]1ccccc1. The van der Waals surface area contributed by atoms with Crippen LogP contribution in [0, 0.1) is 11.5 Å². The third-order valence-corrected chi connectivity index (χ3v) is 19.1. The number of carboxylic acids is 1. The summed E-state index contributed by atoms with van der Waals surface area (Å²) in [4.78, 5) is 10.0. The van der Waals surface area contributed by atoms with Gasteiger partial charge < -0.3 is 5.11 Å². The minimum atomic E-state index is -0.757. The van der Waals surface area contributed by atoms with E-state index in [4.69, 9.17) is 5.11 Å². The summed E-state index contributed by atoms with van der Waals surface area (Å²) in [5, 5.41) is 8.25. The molecule has 1 aromatic carbocycles. The number of aliphatic carboxylic acids is 1. The topological polar surface area (TPSA) is 37.3 Å². The van der Waals surface area contributed by atoms with E-state index in [1.54, 1.807) is 162 Å². The van der Waals surface area contributed by atoms with Crippen molar-refractivity contribution in [1.82, 2.24) is 0 Å². The molecule has 5 rings (SSSR count). The van der Waals surface area contributed by atoms with Crippen molar-refractivity contribution >= 4 is 21.8 Å². The van der Waals surface area contributed by atoms with Crippen LogP contribution in [0.3, 0.4) is 0 Å². The molecule has 4 fully saturated rings. The summed E-state index contributed by atoms with van der Waals surface area (Å²) in [5.41, 5.74) is 4.32. The third kappa shape index (κ3) is 14.4. The van der Waals surface area contributed by atoms with E-state index in [9.17, 15) is 4.79 Å². The molecule has 0 spiro atoms. The third-order valence-electron chi connectivity index (χ3n) is 10.5. The van der Waals surface area contributed by atoms with Crippen molar-refractivity contribution in [3.63, 3.8) is 0 Å². The van der Waals surface area contributed by atoms with Crippen LogP contribution >= 0.6 is 15.8 Å². The maximum atomic E-state index is 10.0. The zero-order valence-corrected chi connectivity index (χ0v) is 30.4. The molecule has 4 saturated carbocycles. The predicted octanol–water partition coefficient (Wildman–Crippen LogP) is 11.3. The summed E-state index contributed by atoms with van der Waals surface area (Å²) < 4.78 is 0. The standard InChI is InChI=1S/C26H48P2.C6H5.C5H10O2.Ni/c1-5-13-23(14-6-1)27(24-15-7-2-8-16-24)21-22-28(25-17-9-3-10-18-25)26-19-11-4-12-20-26;1-2-4-6-5-3-1;1-5(2,3)4(6)7;/h23-26H,1-22H2;1-5H;1-3H3,(H,6,7);/q;-1;;/p+2. The molecule has 1 N–H and O–H groups in total. The van der Waals surface area contributed by atoms with Gasteiger partial charge in [-0.3, -0.25) is 4.79 Å². The van der Waals surface area contributed by atoms with E-state index in [0.29, 0.717) is 0 Å². The van der Waals surface area contributed by atoms with Crippen LogP contribution in [0.2, 0.25) is 0 Å². The van der Waals surface area contributed by atoms with E-state index in [0.717, 1.165) is 0 Å². The second-order valence-corrected chi connectivity index (χ2v) is 21.2. The summed E-state index contributed by atoms with van der Waals surface area (Å²) in [6.45, 7) is 4.99. The van der Waals surface area contributed by atoms with Gasteiger partial charge >= 0.3 is 5.97 Å². The molecule has 5 heteroatoms. The van der Waals surface area contributed by atoms with Crippen LogP contribution in [0.5, 0.6) is 0 Å². The first-order valence-electron chi connectivity index (χ1n) is 17.7. The molecule has 0 saturated heterocycles. The van der Waals surface area contributed by atoms with Crippen molar-refractivity contribution in [1.29, 1.82) is 0 Å². The first-order valence-corrected chi connectivity index (χ1v) is 21.4. The van der Waals surface area contributed by atoms with Gasteiger partial charge in [0.15, 0.2) is 0 Å². The Balaban J connectivity index is 0.000000366. The largest absolute Gasteiger partial charge is 0.481 e. The fraction of sp³-hybridized carbons (Fsp3) is 0.811. The molecule has 244 valence electrons. The maximum absolute atomic E-state index is 10.0. The molecule has 0 amide bonds. The van der Waals surface area contributed by atoms with Crippen LogP contribution in [0.25, 0.3) is 0 Å². The number of benzene rings is 1. The van der Waals surface area contributed by atoms with E-state index in [2.05, 4.69) is 6.07 Å². The molecule has 2 nitrogen and oxygen atoms in total. The van der Waals surface area contributed by atoms with Gasteiger partial charge in [0.25, 0.3) is 0 Å². The molecule has 0 bridgehead atoms. The summed E-state index contributed by atoms with van der Waals surface area (Å²) in [5.74, 6) is -0.757. The first kappa shape index (κ1) is 38.2. The number of carboxylic acid groups (broad SMARTS) is 1. The van der Waals surface area contributed by atoms with Crippen LogP contribution in [0.1, 0.15) is 149 Å². The molecular formula is C37H65NiO2P2+. The van der Waals surface area contributed by atoms with Crippen molar-refractivity contribution in [3.05, 3.63) is 36.4 Å². The molecule has 0 radical (unpaired) electrons. The van der Waals surface area contributed by atoms with Gasteiger partial charge in [0, 0.05) is 32.3 Å². The van der Waals surface area contributed by atoms with Crippen LogP contribution in [-0.4, -0.2) is 46.0 Å². The van der Waals surface area contributed by atoms with Crippen LogP contribution in [0.4, 0.5) is 0 Å². The quantitative estimate of drug-likeness (QED) is 0.179. The van der Waals surface area contributed by atoms with E-state index in [-0.39, 0.29) is 32.3 Å². The van der Waals surface area contributed by atoms with Crippen LogP contribution in [0.15, 0.2) is 30.3 Å². The van der Waals surface area contributed by atoms with Crippen molar-refractivity contribution in [3.8, 4) is 0 Å². The van der Waals surface area contributed by atoms with Gasteiger partial charge in [-0.05, 0) is 124 Å². The minimum Gasteiger partial charge on any atom is -0.481 e. The predicted molar refractivity (Wildman–Crippen MR) is 186 cm³/mol. The zero-order valence-electron chi connectivity index (χ0n) is 27.4. The Morgan fingerprint density at radius 1 is 0.595 bits per heavy atom. The fourth-order valence-corrected chi connectivity index (χ4v) is 17.9. The van der Waals surface area contributed by atoms with Gasteiger partial charge in [0.05, 0.1) is 40.4 Å². The first-order chi connectivity index (χ1) is 19.9. The second kappa shape index (κ2) is 21.7. The Morgan fingerprint density at radius 2 is 0.857 bits per heavy atom. The number of carbonyl (C=O) groups is 1. The second-order valence-electron chi connectivity index (χ2n) is 14.6. The van der Waals surface area contributed by atoms with E-state index >= 15 is 0 Å². The van der Waals surface area contributed by atoms with Gasteiger partial charge in [-0.1, -0.05) is 25.7 Å². The van der Waals surface area contributed by atoms with E-state index in [1.807, 2.05) is 30.3 Å². The normalized spacial score (nSPS) is 21.5. The van der Waals surface area contributed by atoms with Gasteiger partial charge in [-0.2, -0.15) is 36.4 Å². The molecule has 4 aliphatic carbocycles. The number of hydrogen-bond acceptors (Lipinski definition) is 1. The molecule has 42 heavy (non-hydrogen) atoms. The molecule has 0 aromatic heterocycles. The molecule has 0 unspecified atom stereocenters. The van der Waals surface area contributed by atoms with Gasteiger partial charge in [-0.15, -0.1) is 0 Å². The van der Waals surface area contributed by atoms with Gasteiger partial charge in [0.2, 0.25) is 0 Å². The molecule has 1 aromatic rings. The minimum absolute atomic E-state index is 0. The Kier molecular flexibility index (Phi) is 19.8. The number of hydrogen-bond donors (Lipinski definition) is 1. The summed E-state index contributed by atoms with van der Waals surface area (Å²) in [7, 11) is -0.182. The maximum Gasteiger partial charge on any atom is 0.308 e. The summed E-state index contributed by atoms with van der Waals surface area (Å²) in [6, 6.07) is 12.5. The molecular weight excluding hydrogens is 597 g/mol. The molecule has 0 aliphatic heterocycles. The molecule has 0 atom stereocenters.